The van der Waals surface area contributed by atoms with Gasteiger partial charge in [-0.05, 0) is 81.2 Å². The SMILES string of the molecule is CC[C@H](C)[C@@H]([C@@H](CC(=O)N1CCC[C@H]1[C@H](OC)[C@@H](C)C(=O)N[C@H](C)[C@@H](O)c1ccccc1)OC)N(C)C(=O)[C@@H](NC(=O)[C@H](C(C)C)N(C)C(=O)CNC(=O)C(CCCNC(N)=O)CC(=O)[C@@H](NC(=O)CCNCCCCCCN1C(=O)C=CC1=O)C(C)C)C(C)C. The zero-order valence-corrected chi connectivity index (χ0v) is 56.6. The van der Waals surface area contributed by atoms with Crippen LogP contribution >= 0.6 is 0 Å². The van der Waals surface area contributed by atoms with Gasteiger partial charge in [0.15, 0.2) is 5.78 Å². The van der Waals surface area contributed by atoms with Crippen molar-refractivity contribution in [2.24, 2.45) is 41.2 Å². The summed E-state index contributed by atoms with van der Waals surface area (Å²) in [7, 11) is 6.05. The predicted molar refractivity (Wildman–Crippen MR) is 345 cm³/mol. The number of carbonyl (C=O) groups is 11. The Labute approximate surface area is 539 Å². The van der Waals surface area contributed by atoms with Gasteiger partial charge in [0.25, 0.3) is 11.8 Å². The molecule has 91 heavy (non-hydrogen) atoms. The van der Waals surface area contributed by atoms with E-state index in [0.717, 1.165) is 19.3 Å². The molecule has 11 amide bonds. The van der Waals surface area contributed by atoms with E-state index in [9.17, 15) is 57.8 Å². The van der Waals surface area contributed by atoms with Crippen LogP contribution in [-0.2, 0) is 57.4 Å². The molecular weight excluding hydrogens is 1170 g/mol. The number of benzene rings is 1. The second kappa shape index (κ2) is 39.5. The Morgan fingerprint density at radius 2 is 1.35 bits per heavy atom. The lowest BCUT2D eigenvalue weighted by molar-refractivity contribution is -0.148. The fourth-order valence-electron chi connectivity index (χ4n) is 12.1. The fourth-order valence-corrected chi connectivity index (χ4v) is 12.1. The third kappa shape index (κ3) is 24.3. The number of urea groups is 1. The summed E-state index contributed by atoms with van der Waals surface area (Å²) in [6.07, 6.45) is 5.26. The minimum absolute atomic E-state index is 0.0893. The number of unbranched alkanes of at least 4 members (excludes halogenated alkanes) is 3. The first-order chi connectivity index (χ1) is 43.0. The maximum Gasteiger partial charge on any atom is 0.312 e. The highest BCUT2D eigenvalue weighted by molar-refractivity contribution is 6.12. The molecule has 0 spiro atoms. The maximum atomic E-state index is 14.8. The largest absolute Gasteiger partial charge is 0.386 e. The molecule has 1 aromatic rings. The van der Waals surface area contributed by atoms with Crippen LogP contribution in [0.2, 0.25) is 0 Å². The van der Waals surface area contributed by atoms with Crippen LogP contribution in [0.3, 0.4) is 0 Å². The van der Waals surface area contributed by atoms with Gasteiger partial charge in [-0.15, -0.1) is 0 Å². The summed E-state index contributed by atoms with van der Waals surface area (Å²) in [5.41, 5.74) is 5.94. The van der Waals surface area contributed by atoms with E-state index in [1.54, 1.807) is 79.5 Å². The number of amides is 11. The van der Waals surface area contributed by atoms with E-state index in [2.05, 4.69) is 31.9 Å². The molecule has 9 N–H and O–H groups in total. The van der Waals surface area contributed by atoms with Gasteiger partial charge in [-0.25, -0.2) is 4.79 Å². The summed E-state index contributed by atoms with van der Waals surface area (Å²) in [4.78, 5) is 153. The number of ether oxygens (including phenoxy) is 2. The first-order valence-electron chi connectivity index (χ1n) is 32.6. The minimum Gasteiger partial charge on any atom is -0.386 e. The van der Waals surface area contributed by atoms with E-state index in [0.29, 0.717) is 57.4 Å². The number of nitrogens with two attached hydrogens (primary N) is 1. The maximum absolute atomic E-state index is 14.8. The van der Waals surface area contributed by atoms with Crippen molar-refractivity contribution in [3.63, 3.8) is 0 Å². The van der Waals surface area contributed by atoms with Crippen LogP contribution in [0.4, 0.5) is 4.79 Å². The average molecular weight is 1280 g/mol. The van der Waals surface area contributed by atoms with Crippen LogP contribution in [0.15, 0.2) is 42.5 Å². The number of primary amides is 1. The van der Waals surface area contributed by atoms with E-state index in [-0.39, 0.29) is 80.0 Å². The van der Waals surface area contributed by atoms with E-state index in [4.69, 9.17) is 15.2 Å². The van der Waals surface area contributed by atoms with E-state index in [1.165, 1.54) is 48.1 Å². The number of ketones is 1. The monoisotopic (exact) mass is 1280 g/mol. The number of imide groups is 1. The number of likely N-dealkylation sites (N-methyl/N-ethyl adjacent to an activating group) is 2. The van der Waals surface area contributed by atoms with Gasteiger partial charge in [0, 0.05) is 85.4 Å². The summed E-state index contributed by atoms with van der Waals surface area (Å²) in [6.45, 7) is 19.4. The molecule has 0 aromatic heterocycles. The summed E-state index contributed by atoms with van der Waals surface area (Å²) < 4.78 is 12.1. The van der Waals surface area contributed by atoms with E-state index in [1.807, 2.05) is 32.0 Å². The second-order valence-electron chi connectivity index (χ2n) is 25.5. The molecule has 2 aliphatic rings. The van der Waals surface area contributed by atoms with Gasteiger partial charge in [-0.2, -0.15) is 0 Å². The Balaban J connectivity index is 1.67. The third-order valence-electron chi connectivity index (χ3n) is 17.7. The number of likely N-dealkylation sites (tertiary alicyclic amines) is 1. The van der Waals surface area contributed by atoms with Crippen LogP contribution in [0.5, 0.6) is 0 Å². The number of aliphatic hydroxyl groups excluding tert-OH is 1. The third-order valence-corrected chi connectivity index (χ3v) is 17.7. The van der Waals surface area contributed by atoms with Crippen molar-refractivity contribution >= 4 is 65.0 Å². The Morgan fingerprint density at radius 1 is 0.714 bits per heavy atom. The van der Waals surface area contributed by atoms with Gasteiger partial charge in [0.1, 0.15) is 12.1 Å². The quantitative estimate of drug-likeness (QED) is 0.0343. The van der Waals surface area contributed by atoms with Gasteiger partial charge in [-0.3, -0.25) is 52.8 Å². The van der Waals surface area contributed by atoms with Gasteiger partial charge < -0.3 is 66.9 Å². The first-order valence-corrected chi connectivity index (χ1v) is 32.6. The molecule has 2 heterocycles. The summed E-state index contributed by atoms with van der Waals surface area (Å²) >= 11 is 0. The molecule has 512 valence electrons. The van der Waals surface area contributed by atoms with Crippen molar-refractivity contribution in [2.75, 3.05) is 67.6 Å². The van der Waals surface area contributed by atoms with Gasteiger partial charge in [0.05, 0.1) is 61.4 Å². The molecule has 1 aromatic carbocycles. The number of nitrogens with zero attached hydrogens (tertiary/aromatic N) is 4. The zero-order valence-electron chi connectivity index (χ0n) is 56.6. The Hall–Kier alpha value is -6.83. The second-order valence-corrected chi connectivity index (χ2v) is 25.5. The van der Waals surface area contributed by atoms with E-state index >= 15 is 0 Å². The Kier molecular flexibility index (Phi) is 34.1. The topological polar surface area (TPSA) is 338 Å². The molecule has 0 bridgehead atoms. The van der Waals surface area contributed by atoms with Crippen LogP contribution in [0.25, 0.3) is 0 Å². The van der Waals surface area contributed by atoms with Crippen molar-refractivity contribution in [1.82, 2.24) is 51.5 Å². The molecule has 0 aliphatic carbocycles. The van der Waals surface area contributed by atoms with Crippen LogP contribution < -0.4 is 37.6 Å². The van der Waals surface area contributed by atoms with Gasteiger partial charge >= 0.3 is 6.03 Å². The van der Waals surface area contributed by atoms with Crippen LogP contribution in [-0.4, -0.2) is 206 Å². The summed E-state index contributed by atoms with van der Waals surface area (Å²) in [5, 5.41) is 28.0. The van der Waals surface area contributed by atoms with Gasteiger partial charge in [-0.1, -0.05) is 112 Å². The molecule has 0 saturated carbocycles. The van der Waals surface area contributed by atoms with Crippen LogP contribution in [0.1, 0.15) is 158 Å². The molecule has 2 aliphatic heterocycles. The normalized spacial score (nSPS) is 17.7. The predicted octanol–water partition coefficient (Wildman–Crippen LogP) is 3.51. The lowest BCUT2D eigenvalue weighted by atomic mass is 9.89. The number of aliphatic hydroxyl groups is 1. The number of rotatable bonds is 42. The van der Waals surface area contributed by atoms with Crippen molar-refractivity contribution in [3.05, 3.63) is 48.0 Å². The molecule has 1 unspecified atom stereocenters. The molecule has 1 saturated heterocycles. The van der Waals surface area contributed by atoms with Crippen molar-refractivity contribution < 1.29 is 67.3 Å². The van der Waals surface area contributed by atoms with Crippen molar-refractivity contribution in [3.8, 4) is 0 Å². The molecule has 25 heteroatoms. The van der Waals surface area contributed by atoms with E-state index < -0.39 is 120 Å². The number of carbonyl (C=O) groups excluding carboxylic acids is 11. The summed E-state index contributed by atoms with van der Waals surface area (Å²) in [5.74, 6) is -7.37. The number of Topliss-reactive ketones (excluding diaryl/α,β-unsaturated/α-hetero) is 1. The van der Waals surface area contributed by atoms with Crippen molar-refractivity contribution in [1.29, 1.82) is 0 Å². The number of nitrogens with one attached hydrogen (secondary N) is 6. The van der Waals surface area contributed by atoms with Crippen molar-refractivity contribution in [2.45, 2.75) is 201 Å². The zero-order chi connectivity index (χ0) is 68.2. The minimum atomic E-state index is -1.11. The molecule has 0 radical (unpaired) electrons. The number of hydrogen-bond acceptors (Lipinski definition) is 15. The summed E-state index contributed by atoms with van der Waals surface area (Å²) in [6, 6.07) is 3.45. The lowest BCUT2D eigenvalue weighted by Crippen LogP contribution is -2.60. The highest BCUT2D eigenvalue weighted by Crippen LogP contribution is 2.30. The smallest absolute Gasteiger partial charge is 0.312 e. The standard InChI is InChI=1S/C66H109N11O14/c1-15-43(8)59(50(90-13)38-54(82)76-36-24-28-48(76)61(91-14)44(9)62(85)71-45(10)60(84)46-25-19-18-20-26-46)75(12)65(88)57(41(4)5)73-64(87)58(42(6)7)74(11)55(83)39-70-63(86)47(27-23-33-69-66(67)89)37-49(78)56(40(2)3)72-51(79)31-34-68-32-21-16-17-22-35-77-52(80)29-30-53(77)81/h18-20,25-26,29-30,40-45,47-48,50,56-61,68,84H,15-17,21-24,27-28,31-39H2,1-14H3,(H,70,86)(H,71,85)(H,72,79)(H,73,87)(H3,67,69,89)/t43-,44+,45+,47?,48-,50+,56-,57-,58-,59-,60+,61+/m0/s1. The Bertz CT molecular complexity index is 2570. The first kappa shape index (κ1) is 78.4. The number of methoxy groups -OCH3 is 2. The molecular formula is C66H109N11O14. The molecule has 12 atom stereocenters. The lowest BCUT2D eigenvalue weighted by Gasteiger charge is -2.41. The highest BCUT2D eigenvalue weighted by Gasteiger charge is 2.44. The molecule has 1 fully saturated rings. The fraction of sp³-hybridized carbons (Fsp3) is 0.712. The highest BCUT2D eigenvalue weighted by atomic mass is 16.5. The Morgan fingerprint density at radius 3 is 1.93 bits per heavy atom. The average Bonchev–Trinajstić information content (AvgIpc) is 2.70. The number of hydrogen-bond donors (Lipinski definition) is 8. The van der Waals surface area contributed by atoms with Gasteiger partial charge in [0.2, 0.25) is 41.4 Å². The molecule has 25 nitrogen and oxygen atoms in total. The molecule has 3 rings (SSSR count). The van der Waals surface area contributed by atoms with Crippen LogP contribution in [0, 0.1) is 35.5 Å².